The molecule has 5 atom stereocenters. The summed E-state index contributed by atoms with van der Waals surface area (Å²) in [5.74, 6) is -1.91. The number of carbonyl (C=O) groups excluding carboxylic acids is 3. The molecule has 3 saturated heterocycles. The molecule has 3 heterocycles. The van der Waals surface area contributed by atoms with Gasteiger partial charge >= 0.3 is 0 Å². The van der Waals surface area contributed by atoms with E-state index in [9.17, 15) is 14.4 Å². The molecule has 2 unspecified atom stereocenters. The lowest BCUT2D eigenvalue weighted by Crippen LogP contribution is -2.56. The van der Waals surface area contributed by atoms with Crippen molar-refractivity contribution in [3.05, 3.63) is 54.6 Å². The molecule has 3 aliphatic heterocycles. The normalized spacial score (nSPS) is 27.3. The Morgan fingerprint density at radius 3 is 2.47 bits per heavy atom. The number of halogens is 1. The maximum absolute atomic E-state index is 14.4. The number of carbonyl (C=O) groups is 3. The predicted molar refractivity (Wildman–Crippen MR) is 147 cm³/mol. The van der Waals surface area contributed by atoms with Crippen molar-refractivity contribution in [1.82, 2.24) is 9.80 Å². The van der Waals surface area contributed by atoms with E-state index in [1.165, 1.54) is 0 Å². The third kappa shape index (κ3) is 5.01. The molecule has 1 aromatic carbocycles. The van der Waals surface area contributed by atoms with Gasteiger partial charge in [-0.05, 0) is 49.9 Å². The number of anilines is 1. The zero-order valence-corrected chi connectivity index (χ0v) is 22.8. The number of benzene rings is 1. The number of aliphatic hydroxyl groups excluding tert-OH is 1. The first-order valence-corrected chi connectivity index (χ1v) is 13.8. The van der Waals surface area contributed by atoms with E-state index in [2.05, 4.69) is 13.2 Å². The van der Waals surface area contributed by atoms with Crippen molar-refractivity contribution in [2.75, 3.05) is 38.2 Å². The molecule has 3 aliphatic rings. The Kier molecular flexibility index (Phi) is 8.96. The summed E-state index contributed by atoms with van der Waals surface area (Å²) in [6, 6.07) is 6.15. The number of nitrogens with zero attached hydrogens (tertiary/aromatic N) is 3. The van der Waals surface area contributed by atoms with Crippen molar-refractivity contribution in [2.24, 2.45) is 11.8 Å². The number of unbranched alkanes of at least 4 members (excludes halogenated alkanes) is 3. The molecule has 38 heavy (non-hydrogen) atoms. The van der Waals surface area contributed by atoms with Crippen molar-refractivity contribution in [1.29, 1.82) is 0 Å². The van der Waals surface area contributed by atoms with Crippen molar-refractivity contribution in [3.8, 4) is 0 Å². The van der Waals surface area contributed by atoms with Crippen molar-refractivity contribution in [2.45, 2.75) is 56.3 Å². The number of hydrogen-bond acceptors (Lipinski definition) is 5. The van der Waals surface area contributed by atoms with Crippen molar-refractivity contribution in [3.63, 3.8) is 0 Å². The Bertz CT molecular complexity index is 1060. The lowest BCUT2D eigenvalue weighted by atomic mass is 9.70. The van der Waals surface area contributed by atoms with E-state index >= 15 is 0 Å². The van der Waals surface area contributed by atoms with Crippen LogP contribution < -0.4 is 4.90 Å². The van der Waals surface area contributed by atoms with Crippen molar-refractivity contribution < 1.29 is 24.2 Å². The third-order valence-corrected chi connectivity index (χ3v) is 8.37. The van der Waals surface area contributed by atoms with Crippen LogP contribution >= 0.6 is 11.6 Å². The Hall–Kier alpha value is -2.68. The molecule has 2 bridgehead atoms. The third-order valence-electron chi connectivity index (χ3n) is 8.12. The topological polar surface area (TPSA) is 90.4 Å². The van der Waals surface area contributed by atoms with Crippen LogP contribution in [0, 0.1) is 11.8 Å². The summed E-state index contributed by atoms with van der Waals surface area (Å²) < 4.78 is 6.55. The highest BCUT2D eigenvalue weighted by molar-refractivity contribution is 6.30. The summed E-state index contributed by atoms with van der Waals surface area (Å²) in [4.78, 5) is 46.8. The molecule has 9 heteroatoms. The molecule has 3 amide bonds. The average Bonchev–Trinajstić information content (AvgIpc) is 3.54. The van der Waals surface area contributed by atoms with Gasteiger partial charge in [0.15, 0.2) is 0 Å². The van der Waals surface area contributed by atoms with Crippen LogP contribution in [0.1, 0.15) is 38.5 Å². The maximum atomic E-state index is 14.4. The smallest absolute Gasteiger partial charge is 0.253 e. The first-order valence-electron chi connectivity index (χ1n) is 13.4. The molecule has 4 rings (SSSR count). The Morgan fingerprint density at radius 1 is 1.13 bits per heavy atom. The summed E-state index contributed by atoms with van der Waals surface area (Å²) in [7, 11) is 1.70. The lowest BCUT2D eigenvalue weighted by molar-refractivity contribution is -0.144. The number of fused-ring (bicyclic) bond motifs is 1. The van der Waals surface area contributed by atoms with Gasteiger partial charge in [-0.15, -0.1) is 13.2 Å². The highest BCUT2D eigenvalue weighted by Crippen LogP contribution is 2.59. The average molecular weight is 544 g/mol. The van der Waals surface area contributed by atoms with Crippen molar-refractivity contribution >= 4 is 35.0 Å². The van der Waals surface area contributed by atoms with Crippen LogP contribution in [-0.4, -0.2) is 83.7 Å². The fourth-order valence-corrected chi connectivity index (χ4v) is 6.59. The monoisotopic (exact) mass is 543 g/mol. The number of ether oxygens (including phenoxy) is 1. The first kappa shape index (κ1) is 28.3. The van der Waals surface area contributed by atoms with Crippen LogP contribution in [0.4, 0.5) is 5.69 Å². The second-order valence-corrected chi connectivity index (χ2v) is 10.9. The van der Waals surface area contributed by atoms with Crippen LogP contribution in [0.25, 0.3) is 0 Å². The molecule has 1 aromatic rings. The van der Waals surface area contributed by atoms with Crippen LogP contribution in [-0.2, 0) is 19.1 Å². The van der Waals surface area contributed by atoms with E-state index < -0.39 is 29.6 Å². The van der Waals surface area contributed by atoms with Crippen LogP contribution in [0.3, 0.4) is 0 Å². The van der Waals surface area contributed by atoms with Gasteiger partial charge in [-0.2, -0.15) is 0 Å². The predicted octanol–water partition coefficient (Wildman–Crippen LogP) is 3.43. The number of likely N-dealkylation sites (N-methyl/N-ethyl adjacent to an activating group) is 1. The molecule has 1 N–H and O–H groups in total. The minimum absolute atomic E-state index is 0.129. The number of likely N-dealkylation sites (tertiary alicyclic amines) is 1. The molecule has 8 nitrogen and oxygen atoms in total. The van der Waals surface area contributed by atoms with E-state index in [1.807, 2.05) is 0 Å². The Balaban J connectivity index is 1.70. The number of aliphatic hydroxyl groups is 1. The minimum Gasteiger partial charge on any atom is -0.396 e. The molecule has 0 aliphatic carbocycles. The van der Waals surface area contributed by atoms with E-state index in [0.29, 0.717) is 49.5 Å². The summed E-state index contributed by atoms with van der Waals surface area (Å²) in [6.45, 7) is 8.71. The van der Waals surface area contributed by atoms with Gasteiger partial charge in [-0.1, -0.05) is 36.6 Å². The standard InChI is InChI=1S/C29H38ClN3O5/c1-4-16-31(3)26(35)23-22-14-15-29(38-22)24(23)27(36)33(18-8-6-7-9-19-34)25(29)28(37)32(17-5-2)21-12-10-20(30)11-13-21/h4-5,10-13,22-25,34H,1-2,6-9,14-19H2,3H3/t22-,23+,24-,25?,29?/m0/s1. The van der Waals surface area contributed by atoms with Gasteiger partial charge in [0, 0.05) is 44.0 Å². The summed E-state index contributed by atoms with van der Waals surface area (Å²) in [5, 5.41) is 9.68. The van der Waals surface area contributed by atoms with Gasteiger partial charge in [0.25, 0.3) is 5.91 Å². The SMILES string of the molecule is C=CCN(C)C(=O)[C@@H]1[C@@H]2CCC3(O2)C(C(=O)N(CC=C)c2ccc(Cl)cc2)N(CCCCCCO)C(=O)[C@H]13. The number of amides is 3. The van der Waals surface area contributed by atoms with E-state index in [1.54, 1.807) is 58.2 Å². The van der Waals surface area contributed by atoms with Gasteiger partial charge in [-0.3, -0.25) is 14.4 Å². The highest BCUT2D eigenvalue weighted by Gasteiger charge is 2.74. The minimum atomic E-state index is -1.05. The van der Waals surface area contributed by atoms with Crippen LogP contribution in [0.15, 0.2) is 49.6 Å². The number of hydrogen-bond donors (Lipinski definition) is 1. The van der Waals surface area contributed by atoms with Gasteiger partial charge in [0.05, 0.1) is 17.9 Å². The first-order chi connectivity index (χ1) is 18.3. The molecule has 3 fully saturated rings. The summed E-state index contributed by atoms with van der Waals surface area (Å²) in [5.41, 5.74) is -0.397. The zero-order valence-electron chi connectivity index (χ0n) is 22.1. The molecular weight excluding hydrogens is 506 g/mol. The maximum Gasteiger partial charge on any atom is 0.253 e. The fourth-order valence-electron chi connectivity index (χ4n) is 6.46. The molecule has 0 saturated carbocycles. The molecular formula is C29H38ClN3O5. The van der Waals surface area contributed by atoms with E-state index in [4.69, 9.17) is 21.4 Å². The fraction of sp³-hybridized carbons (Fsp3) is 0.552. The van der Waals surface area contributed by atoms with Gasteiger partial charge in [0.2, 0.25) is 11.8 Å². The summed E-state index contributed by atoms with van der Waals surface area (Å²) in [6.07, 6.45) is 7.14. The van der Waals surface area contributed by atoms with E-state index in [0.717, 1.165) is 12.8 Å². The Labute approximate surface area is 229 Å². The Morgan fingerprint density at radius 2 is 1.82 bits per heavy atom. The van der Waals surface area contributed by atoms with E-state index in [-0.39, 0.29) is 30.9 Å². The lowest BCUT2D eigenvalue weighted by Gasteiger charge is -2.37. The summed E-state index contributed by atoms with van der Waals surface area (Å²) >= 11 is 6.10. The van der Waals surface area contributed by atoms with Gasteiger partial charge in [0.1, 0.15) is 11.6 Å². The molecule has 206 valence electrons. The molecule has 0 aromatic heterocycles. The second-order valence-electron chi connectivity index (χ2n) is 10.4. The zero-order chi connectivity index (χ0) is 27.4. The van der Waals surface area contributed by atoms with Crippen LogP contribution in [0.5, 0.6) is 0 Å². The van der Waals surface area contributed by atoms with Gasteiger partial charge < -0.3 is 24.5 Å². The van der Waals surface area contributed by atoms with Crippen LogP contribution in [0.2, 0.25) is 5.02 Å². The molecule has 0 radical (unpaired) electrons. The number of rotatable bonds is 13. The van der Waals surface area contributed by atoms with Gasteiger partial charge in [-0.25, -0.2) is 0 Å². The largest absolute Gasteiger partial charge is 0.396 e. The quantitative estimate of drug-likeness (QED) is 0.304. The second kappa shape index (κ2) is 12.0. The molecule has 1 spiro atoms. The highest BCUT2D eigenvalue weighted by atomic mass is 35.5.